The van der Waals surface area contributed by atoms with Gasteiger partial charge in [-0.3, -0.25) is 0 Å². The minimum atomic E-state index is -4.45. The molecule has 0 atom stereocenters. The highest BCUT2D eigenvalue weighted by atomic mass is 32.2. The molecule has 0 spiro atoms. The Bertz CT molecular complexity index is 1450. The summed E-state index contributed by atoms with van der Waals surface area (Å²) in [5, 5.41) is 8.18. The molecule has 2 heterocycles. The summed E-state index contributed by atoms with van der Waals surface area (Å²) in [5.41, 5.74) is 0.724. The molecule has 1 aliphatic heterocycles. The quantitative estimate of drug-likeness (QED) is 0.355. The van der Waals surface area contributed by atoms with Crippen molar-refractivity contribution in [3.8, 4) is 16.9 Å². The first-order chi connectivity index (χ1) is 17.2. The molecule has 0 N–H and O–H groups in total. The Balaban J connectivity index is 1.21. The van der Waals surface area contributed by atoms with Crippen LogP contribution in [0.4, 0.5) is 13.2 Å². The van der Waals surface area contributed by atoms with E-state index in [2.05, 4.69) is 10.3 Å². The fourth-order valence-corrected chi connectivity index (χ4v) is 5.37. The molecule has 11 heteroatoms. The van der Waals surface area contributed by atoms with Gasteiger partial charge >= 0.3 is 6.18 Å². The third-order valence-corrected chi connectivity index (χ3v) is 7.75. The number of alkyl halides is 3. The van der Waals surface area contributed by atoms with Crippen LogP contribution < -0.4 is 4.74 Å². The highest BCUT2D eigenvalue weighted by Gasteiger charge is 2.38. The number of sulfonamides is 1. The molecule has 0 bridgehead atoms. The van der Waals surface area contributed by atoms with Gasteiger partial charge in [0.25, 0.3) is 0 Å². The van der Waals surface area contributed by atoms with Gasteiger partial charge in [0.2, 0.25) is 10.0 Å². The summed E-state index contributed by atoms with van der Waals surface area (Å²) in [5.74, 6) is 0.715. The Hall–Kier alpha value is -3.70. The van der Waals surface area contributed by atoms with Crippen molar-refractivity contribution in [2.45, 2.75) is 23.7 Å². The van der Waals surface area contributed by atoms with Crippen LogP contribution in [0.2, 0.25) is 0 Å². The zero-order chi connectivity index (χ0) is 25.3. The predicted molar refractivity (Wildman–Crippen MR) is 125 cm³/mol. The van der Waals surface area contributed by atoms with Crippen molar-refractivity contribution in [1.82, 2.24) is 19.3 Å². The minimum absolute atomic E-state index is 0.0761. The lowest BCUT2D eigenvalue weighted by molar-refractivity contribution is -0.137. The zero-order valence-corrected chi connectivity index (χ0v) is 19.7. The molecule has 7 nitrogen and oxygen atoms in total. The molecule has 0 saturated carbocycles. The van der Waals surface area contributed by atoms with Gasteiger partial charge in [-0.25, -0.2) is 13.1 Å². The van der Waals surface area contributed by atoms with Crippen LogP contribution in [0.15, 0.2) is 90.0 Å². The maximum Gasteiger partial charge on any atom is 0.416 e. The SMILES string of the molecule is O=S(=O)(c1ccc(-c2cccc(C(F)(F)F)c2)cc1)N1CC(n2cc(COc3ccccc3)nn2)C1. The van der Waals surface area contributed by atoms with E-state index in [0.717, 1.165) is 12.1 Å². The van der Waals surface area contributed by atoms with E-state index in [0.29, 0.717) is 22.6 Å². The summed E-state index contributed by atoms with van der Waals surface area (Å²) < 4.78 is 73.6. The Kier molecular flexibility index (Phi) is 6.27. The van der Waals surface area contributed by atoms with Crippen LogP contribution in [-0.2, 0) is 22.8 Å². The standard InChI is InChI=1S/C25H21F3N4O3S/c26-25(27,28)20-6-4-5-19(13-20)18-9-11-24(12-10-18)36(33,34)31-15-22(16-31)32-14-21(29-30-32)17-35-23-7-2-1-3-8-23/h1-14,22H,15-17H2. The van der Waals surface area contributed by atoms with Gasteiger partial charge in [0.1, 0.15) is 18.1 Å². The van der Waals surface area contributed by atoms with Crippen LogP contribution in [0.3, 0.4) is 0 Å². The van der Waals surface area contributed by atoms with Gasteiger partial charge in [-0.2, -0.15) is 17.5 Å². The molecule has 0 radical (unpaired) electrons. The number of hydrogen-bond acceptors (Lipinski definition) is 5. The predicted octanol–water partition coefficient (Wildman–Crippen LogP) is 4.79. The van der Waals surface area contributed by atoms with Crippen molar-refractivity contribution in [3.05, 3.63) is 96.3 Å². The van der Waals surface area contributed by atoms with Crippen LogP contribution in [0.1, 0.15) is 17.3 Å². The van der Waals surface area contributed by atoms with E-state index >= 15 is 0 Å². The number of ether oxygens (including phenoxy) is 1. The molecule has 1 saturated heterocycles. The summed E-state index contributed by atoms with van der Waals surface area (Å²) in [6.45, 7) is 0.719. The fourth-order valence-electron chi connectivity index (χ4n) is 3.86. The second-order valence-electron chi connectivity index (χ2n) is 8.37. The minimum Gasteiger partial charge on any atom is -0.487 e. The van der Waals surface area contributed by atoms with Gasteiger partial charge in [-0.05, 0) is 47.5 Å². The first kappa shape index (κ1) is 24.0. The first-order valence-electron chi connectivity index (χ1n) is 11.1. The summed E-state index contributed by atoms with van der Waals surface area (Å²) >= 11 is 0. The molecule has 0 unspecified atom stereocenters. The molecule has 4 aromatic rings. The summed E-state index contributed by atoms with van der Waals surface area (Å²) in [4.78, 5) is 0.0761. The summed E-state index contributed by atoms with van der Waals surface area (Å²) in [6.07, 6.45) is -2.71. The number of halogens is 3. The highest BCUT2D eigenvalue weighted by molar-refractivity contribution is 7.89. The van der Waals surface area contributed by atoms with Crippen molar-refractivity contribution in [3.63, 3.8) is 0 Å². The Morgan fingerprint density at radius 2 is 1.64 bits per heavy atom. The number of rotatable bonds is 7. The highest BCUT2D eigenvalue weighted by Crippen LogP contribution is 2.33. The molecule has 0 amide bonds. The van der Waals surface area contributed by atoms with Crippen LogP contribution in [0.25, 0.3) is 11.1 Å². The van der Waals surface area contributed by atoms with Gasteiger partial charge in [0, 0.05) is 13.1 Å². The lowest BCUT2D eigenvalue weighted by atomic mass is 10.0. The average molecular weight is 515 g/mol. The third kappa shape index (κ3) is 4.98. The first-order valence-corrected chi connectivity index (χ1v) is 12.5. The van der Waals surface area contributed by atoms with Crippen LogP contribution >= 0.6 is 0 Å². The Morgan fingerprint density at radius 1 is 0.917 bits per heavy atom. The van der Waals surface area contributed by atoms with Gasteiger partial charge in [0.15, 0.2) is 0 Å². The average Bonchev–Trinajstić information content (AvgIpc) is 3.30. The molecule has 0 aliphatic carbocycles. The van der Waals surface area contributed by atoms with Gasteiger partial charge in [-0.15, -0.1) is 5.10 Å². The number of para-hydroxylation sites is 1. The van der Waals surface area contributed by atoms with Crippen LogP contribution in [0.5, 0.6) is 5.75 Å². The number of benzene rings is 3. The Morgan fingerprint density at radius 3 is 2.33 bits per heavy atom. The van der Waals surface area contributed by atoms with Crippen molar-refractivity contribution in [2.24, 2.45) is 0 Å². The number of hydrogen-bond donors (Lipinski definition) is 0. The van der Waals surface area contributed by atoms with E-state index in [4.69, 9.17) is 4.74 Å². The molecular weight excluding hydrogens is 493 g/mol. The lowest BCUT2D eigenvalue weighted by Gasteiger charge is -2.37. The zero-order valence-electron chi connectivity index (χ0n) is 18.8. The molecule has 186 valence electrons. The van der Waals surface area contributed by atoms with Gasteiger partial charge < -0.3 is 4.74 Å². The number of nitrogens with zero attached hydrogens (tertiary/aromatic N) is 4. The normalized spacial score (nSPS) is 15.0. The van der Waals surface area contributed by atoms with Crippen LogP contribution in [0, 0.1) is 0 Å². The fraction of sp³-hybridized carbons (Fsp3) is 0.200. The molecule has 3 aromatic carbocycles. The lowest BCUT2D eigenvalue weighted by Crippen LogP contribution is -2.50. The third-order valence-electron chi connectivity index (χ3n) is 5.91. The molecule has 1 aromatic heterocycles. The van der Waals surface area contributed by atoms with E-state index in [1.54, 1.807) is 16.9 Å². The van der Waals surface area contributed by atoms with Crippen molar-refractivity contribution >= 4 is 10.0 Å². The van der Waals surface area contributed by atoms with Crippen molar-refractivity contribution in [2.75, 3.05) is 13.1 Å². The maximum atomic E-state index is 13.0. The second-order valence-corrected chi connectivity index (χ2v) is 10.3. The van der Waals surface area contributed by atoms with Crippen LogP contribution in [-0.4, -0.2) is 40.8 Å². The number of aromatic nitrogens is 3. The van der Waals surface area contributed by atoms with E-state index in [9.17, 15) is 21.6 Å². The molecule has 1 aliphatic rings. The van der Waals surface area contributed by atoms with E-state index in [1.807, 2.05) is 30.3 Å². The molecule has 36 heavy (non-hydrogen) atoms. The van der Waals surface area contributed by atoms with Gasteiger partial charge in [-0.1, -0.05) is 47.7 Å². The Labute approximate surface area is 205 Å². The summed E-state index contributed by atoms with van der Waals surface area (Å²) in [7, 11) is -3.75. The van der Waals surface area contributed by atoms with Gasteiger partial charge in [0.05, 0.1) is 22.7 Å². The van der Waals surface area contributed by atoms with E-state index < -0.39 is 21.8 Å². The topological polar surface area (TPSA) is 77.3 Å². The summed E-state index contributed by atoms with van der Waals surface area (Å²) in [6, 6.07) is 19.9. The largest absolute Gasteiger partial charge is 0.487 e. The monoisotopic (exact) mass is 514 g/mol. The van der Waals surface area contributed by atoms with E-state index in [-0.39, 0.29) is 30.6 Å². The van der Waals surface area contributed by atoms with E-state index in [1.165, 1.54) is 34.6 Å². The smallest absolute Gasteiger partial charge is 0.416 e. The molecule has 1 fully saturated rings. The second kappa shape index (κ2) is 9.40. The van der Waals surface area contributed by atoms with Crippen molar-refractivity contribution < 1.29 is 26.3 Å². The maximum absolute atomic E-state index is 13.0. The molecular formula is C25H21F3N4O3S. The molecule has 5 rings (SSSR count). The van der Waals surface area contributed by atoms with Crippen molar-refractivity contribution in [1.29, 1.82) is 0 Å².